The van der Waals surface area contributed by atoms with Crippen LogP contribution in [0.25, 0.3) is 6.08 Å². The standard InChI is InChI=1S/C19H26O4/c1-7-15(18(22-13(2)20)23-14(3)21)12-16-10-8-9-11-17(16)19(4,5)6/h8-12,18H,7H2,1-6H3/b15-12+. The molecule has 1 aromatic carbocycles. The lowest BCUT2D eigenvalue weighted by Gasteiger charge is -2.23. The molecule has 0 bridgehead atoms. The van der Waals surface area contributed by atoms with Gasteiger partial charge in [-0.05, 0) is 29.0 Å². The van der Waals surface area contributed by atoms with Crippen molar-refractivity contribution in [3.8, 4) is 0 Å². The summed E-state index contributed by atoms with van der Waals surface area (Å²) < 4.78 is 10.3. The summed E-state index contributed by atoms with van der Waals surface area (Å²) in [6.45, 7) is 11.0. The van der Waals surface area contributed by atoms with Crippen molar-refractivity contribution < 1.29 is 19.1 Å². The lowest BCUT2D eigenvalue weighted by atomic mass is 9.83. The van der Waals surface area contributed by atoms with Gasteiger partial charge in [-0.15, -0.1) is 0 Å². The van der Waals surface area contributed by atoms with Crippen LogP contribution in [0, 0.1) is 0 Å². The Morgan fingerprint density at radius 1 is 1.09 bits per heavy atom. The Balaban J connectivity index is 3.28. The van der Waals surface area contributed by atoms with Crippen LogP contribution in [0.15, 0.2) is 29.8 Å². The first-order chi connectivity index (χ1) is 10.6. The minimum Gasteiger partial charge on any atom is -0.421 e. The zero-order valence-corrected chi connectivity index (χ0v) is 14.8. The molecular weight excluding hydrogens is 292 g/mol. The Morgan fingerprint density at radius 3 is 2.04 bits per heavy atom. The van der Waals surface area contributed by atoms with E-state index in [2.05, 4.69) is 26.8 Å². The maximum absolute atomic E-state index is 11.3. The van der Waals surface area contributed by atoms with E-state index in [1.54, 1.807) is 0 Å². The second-order valence-electron chi connectivity index (χ2n) is 6.46. The van der Waals surface area contributed by atoms with E-state index in [1.165, 1.54) is 19.4 Å². The van der Waals surface area contributed by atoms with E-state index in [1.807, 2.05) is 31.2 Å². The monoisotopic (exact) mass is 318 g/mol. The molecule has 4 heteroatoms. The van der Waals surface area contributed by atoms with Crippen LogP contribution >= 0.6 is 0 Å². The highest BCUT2D eigenvalue weighted by Crippen LogP contribution is 2.28. The van der Waals surface area contributed by atoms with Crippen LogP contribution in [-0.2, 0) is 24.5 Å². The molecule has 0 aromatic heterocycles. The first kappa shape index (κ1) is 18.9. The van der Waals surface area contributed by atoms with Crippen LogP contribution < -0.4 is 0 Å². The van der Waals surface area contributed by atoms with Gasteiger partial charge in [-0.2, -0.15) is 0 Å². The fraction of sp³-hybridized carbons (Fsp3) is 0.474. The fourth-order valence-corrected chi connectivity index (χ4v) is 2.32. The van der Waals surface area contributed by atoms with Crippen LogP contribution in [0.5, 0.6) is 0 Å². The fourth-order valence-electron chi connectivity index (χ4n) is 2.32. The normalized spacial score (nSPS) is 12.2. The van der Waals surface area contributed by atoms with E-state index >= 15 is 0 Å². The Kier molecular flexibility index (Phi) is 6.55. The molecule has 0 radical (unpaired) electrons. The number of ether oxygens (including phenoxy) is 2. The quantitative estimate of drug-likeness (QED) is 0.602. The average molecular weight is 318 g/mol. The zero-order chi connectivity index (χ0) is 17.6. The number of carbonyl (C=O) groups is 2. The Morgan fingerprint density at radius 2 is 1.61 bits per heavy atom. The summed E-state index contributed by atoms with van der Waals surface area (Å²) in [5, 5.41) is 0. The first-order valence-electron chi connectivity index (χ1n) is 7.79. The molecule has 0 fully saturated rings. The molecule has 0 amide bonds. The summed E-state index contributed by atoms with van der Waals surface area (Å²) in [4.78, 5) is 22.6. The number of carbonyl (C=O) groups excluding carboxylic acids is 2. The van der Waals surface area contributed by atoms with Crippen LogP contribution in [-0.4, -0.2) is 18.2 Å². The smallest absolute Gasteiger partial charge is 0.305 e. The molecule has 0 aliphatic heterocycles. The molecule has 0 N–H and O–H groups in total. The molecule has 4 nitrogen and oxygen atoms in total. The van der Waals surface area contributed by atoms with Gasteiger partial charge < -0.3 is 9.47 Å². The number of hydrogen-bond acceptors (Lipinski definition) is 4. The summed E-state index contributed by atoms with van der Waals surface area (Å²) in [6.07, 6.45) is 1.56. The highest BCUT2D eigenvalue weighted by atomic mass is 16.7. The zero-order valence-electron chi connectivity index (χ0n) is 14.8. The van der Waals surface area contributed by atoms with Crippen molar-refractivity contribution in [2.24, 2.45) is 0 Å². The molecule has 126 valence electrons. The molecule has 0 saturated heterocycles. The summed E-state index contributed by atoms with van der Waals surface area (Å²) in [5.41, 5.74) is 2.92. The van der Waals surface area contributed by atoms with Gasteiger partial charge in [-0.25, -0.2) is 0 Å². The minimum absolute atomic E-state index is 0.0235. The molecule has 23 heavy (non-hydrogen) atoms. The Bertz CT molecular complexity index is 578. The van der Waals surface area contributed by atoms with Gasteiger partial charge in [0.1, 0.15) is 0 Å². The van der Waals surface area contributed by atoms with Gasteiger partial charge in [0.15, 0.2) is 0 Å². The topological polar surface area (TPSA) is 52.6 Å². The van der Waals surface area contributed by atoms with Crippen LogP contribution in [0.4, 0.5) is 0 Å². The van der Waals surface area contributed by atoms with Crippen molar-refractivity contribution in [1.29, 1.82) is 0 Å². The lowest BCUT2D eigenvalue weighted by molar-refractivity contribution is -0.178. The van der Waals surface area contributed by atoms with Crippen LogP contribution in [0.2, 0.25) is 0 Å². The van der Waals surface area contributed by atoms with Crippen molar-refractivity contribution in [3.63, 3.8) is 0 Å². The van der Waals surface area contributed by atoms with Crippen molar-refractivity contribution in [1.82, 2.24) is 0 Å². The van der Waals surface area contributed by atoms with Gasteiger partial charge in [-0.3, -0.25) is 9.59 Å². The van der Waals surface area contributed by atoms with E-state index in [0.29, 0.717) is 6.42 Å². The molecule has 1 rings (SSSR count). The third-order valence-electron chi connectivity index (χ3n) is 3.37. The largest absolute Gasteiger partial charge is 0.421 e. The average Bonchev–Trinajstić information content (AvgIpc) is 2.42. The van der Waals surface area contributed by atoms with E-state index in [4.69, 9.17) is 9.47 Å². The molecule has 0 spiro atoms. The Labute approximate surface area is 138 Å². The highest BCUT2D eigenvalue weighted by molar-refractivity contribution is 5.69. The van der Waals surface area contributed by atoms with Gasteiger partial charge in [-0.1, -0.05) is 52.0 Å². The van der Waals surface area contributed by atoms with Gasteiger partial charge in [0.05, 0.1) is 0 Å². The van der Waals surface area contributed by atoms with Crippen LogP contribution in [0.3, 0.4) is 0 Å². The summed E-state index contributed by atoms with van der Waals surface area (Å²) in [6, 6.07) is 8.04. The van der Waals surface area contributed by atoms with Crippen molar-refractivity contribution in [2.45, 2.75) is 59.7 Å². The molecule has 0 saturated carbocycles. The molecule has 0 atom stereocenters. The second kappa shape index (κ2) is 7.95. The van der Waals surface area contributed by atoms with Gasteiger partial charge >= 0.3 is 11.9 Å². The van der Waals surface area contributed by atoms with E-state index < -0.39 is 18.2 Å². The maximum atomic E-state index is 11.3. The molecule has 0 unspecified atom stereocenters. The minimum atomic E-state index is -0.983. The maximum Gasteiger partial charge on any atom is 0.305 e. The predicted molar refractivity (Wildman–Crippen MR) is 90.7 cm³/mol. The van der Waals surface area contributed by atoms with E-state index in [-0.39, 0.29) is 5.41 Å². The highest BCUT2D eigenvalue weighted by Gasteiger charge is 2.22. The van der Waals surface area contributed by atoms with Gasteiger partial charge in [0.2, 0.25) is 0 Å². The van der Waals surface area contributed by atoms with Crippen molar-refractivity contribution in [3.05, 3.63) is 41.0 Å². The van der Waals surface area contributed by atoms with Crippen molar-refractivity contribution in [2.75, 3.05) is 0 Å². The van der Waals surface area contributed by atoms with E-state index in [0.717, 1.165) is 11.1 Å². The van der Waals surface area contributed by atoms with Crippen molar-refractivity contribution >= 4 is 18.0 Å². The lowest BCUT2D eigenvalue weighted by Crippen LogP contribution is -2.24. The molecule has 0 aliphatic carbocycles. The van der Waals surface area contributed by atoms with E-state index in [9.17, 15) is 9.59 Å². The first-order valence-corrected chi connectivity index (χ1v) is 7.79. The number of benzene rings is 1. The summed E-state index contributed by atoms with van der Waals surface area (Å²) in [7, 11) is 0. The molecule has 0 heterocycles. The number of esters is 2. The SMILES string of the molecule is CC/C(=C\c1ccccc1C(C)(C)C)C(OC(C)=O)OC(C)=O. The third kappa shape index (κ3) is 5.89. The summed E-state index contributed by atoms with van der Waals surface area (Å²) >= 11 is 0. The second-order valence-corrected chi connectivity index (χ2v) is 6.46. The Hall–Kier alpha value is -2.10. The molecular formula is C19H26O4. The molecule has 0 aliphatic rings. The van der Waals surface area contributed by atoms with Gasteiger partial charge in [0.25, 0.3) is 6.29 Å². The van der Waals surface area contributed by atoms with Gasteiger partial charge in [0, 0.05) is 19.4 Å². The third-order valence-corrected chi connectivity index (χ3v) is 3.37. The molecule has 1 aromatic rings. The van der Waals surface area contributed by atoms with Crippen LogP contribution in [0.1, 0.15) is 59.1 Å². The number of hydrogen-bond donors (Lipinski definition) is 0. The number of rotatable bonds is 5. The summed E-state index contributed by atoms with van der Waals surface area (Å²) in [5.74, 6) is -0.973. The predicted octanol–water partition coefficient (Wildman–Crippen LogP) is 4.23.